The first-order valence-electron chi connectivity index (χ1n) is 11.4. The summed E-state index contributed by atoms with van der Waals surface area (Å²) in [5.41, 5.74) is 8.55. The molecule has 34 heavy (non-hydrogen) atoms. The molecule has 2 fully saturated rings. The molecular weight excluding hydrogens is 422 g/mol. The van der Waals surface area contributed by atoms with E-state index in [2.05, 4.69) is 22.3 Å². The molecule has 0 amide bonds. The van der Waals surface area contributed by atoms with Crippen LogP contribution in [-0.2, 0) is 17.9 Å². The van der Waals surface area contributed by atoms with Crippen molar-refractivity contribution >= 4 is 11.5 Å². The van der Waals surface area contributed by atoms with Gasteiger partial charge in [0.25, 0.3) is 0 Å². The van der Waals surface area contributed by atoms with Gasteiger partial charge >= 0.3 is 0 Å². The van der Waals surface area contributed by atoms with E-state index in [-0.39, 0.29) is 13.0 Å². The number of Topliss-reactive ketones (excluding diaryl/α,β-unsaturated/α-hetero) is 1. The number of carbonyl (C=O) groups excluding carboxylic acids is 1. The molecule has 2 aliphatic carbocycles. The number of rotatable bonds is 4. The third-order valence-electron chi connectivity index (χ3n) is 5.85. The topological polar surface area (TPSA) is 107 Å². The Kier molecular flexibility index (Phi) is 12.9. The van der Waals surface area contributed by atoms with Crippen LogP contribution in [-0.4, -0.2) is 11.3 Å². The van der Waals surface area contributed by atoms with Crippen molar-refractivity contribution in [3.05, 3.63) is 76.6 Å². The molecule has 2 aromatic carbocycles. The van der Waals surface area contributed by atoms with Crippen LogP contribution in [0.25, 0.3) is 4.85 Å². The van der Waals surface area contributed by atoms with Crippen LogP contribution in [0.4, 0.5) is 5.69 Å². The molecule has 6 heteroatoms. The molecule has 0 spiro atoms. The Balaban J connectivity index is 0.000000287. The van der Waals surface area contributed by atoms with E-state index in [0.29, 0.717) is 30.1 Å². The van der Waals surface area contributed by atoms with Crippen LogP contribution in [0.2, 0.25) is 0 Å². The van der Waals surface area contributed by atoms with Gasteiger partial charge in [0.1, 0.15) is 11.3 Å². The molecule has 0 aliphatic heterocycles. The molecule has 2 aliphatic rings. The highest BCUT2D eigenvalue weighted by atomic mass is 16.1. The highest BCUT2D eigenvalue weighted by Crippen LogP contribution is 2.29. The Bertz CT molecular complexity index is 993. The number of carbonyl (C=O) groups is 1. The molecule has 2 aromatic rings. The van der Waals surface area contributed by atoms with E-state index in [1.54, 1.807) is 12.1 Å². The molecule has 0 radical (unpaired) electrons. The van der Waals surface area contributed by atoms with E-state index in [0.717, 1.165) is 62.5 Å². The first-order chi connectivity index (χ1) is 16.0. The number of hydrogen-bond donors (Lipinski definition) is 2. The van der Waals surface area contributed by atoms with E-state index in [1.807, 2.05) is 36.4 Å². The monoisotopic (exact) mass is 457 g/mol. The second-order valence-corrected chi connectivity index (χ2v) is 8.29. The second-order valence-electron chi connectivity index (χ2n) is 8.29. The van der Waals surface area contributed by atoms with Gasteiger partial charge in [-0.25, -0.2) is 4.85 Å². The summed E-state index contributed by atoms with van der Waals surface area (Å²) in [6.07, 6.45) is 8.12. The summed E-state index contributed by atoms with van der Waals surface area (Å²) in [5, 5.41) is 21.3. The minimum absolute atomic E-state index is 0. The number of ketones is 1. The lowest BCUT2D eigenvalue weighted by Crippen LogP contribution is -2.40. The molecule has 178 valence electrons. The second kappa shape index (κ2) is 15.4. The molecule has 0 bridgehead atoms. The van der Waals surface area contributed by atoms with Crippen molar-refractivity contribution in [1.82, 2.24) is 5.32 Å². The summed E-state index contributed by atoms with van der Waals surface area (Å²) in [4.78, 5) is 13.5. The number of nitriles is 2. The number of hydrogen-bond acceptors (Lipinski definition) is 5. The average Bonchev–Trinajstić information content (AvgIpc) is 3.56. The van der Waals surface area contributed by atoms with Gasteiger partial charge in [0.15, 0.2) is 5.69 Å². The van der Waals surface area contributed by atoms with Gasteiger partial charge in [0.05, 0.1) is 24.3 Å². The van der Waals surface area contributed by atoms with Crippen molar-refractivity contribution in [3.8, 4) is 12.1 Å². The van der Waals surface area contributed by atoms with Crippen molar-refractivity contribution in [2.45, 2.75) is 77.4 Å². The van der Waals surface area contributed by atoms with Gasteiger partial charge in [0.2, 0.25) is 0 Å². The standard InChI is InChI=1S/C14H15N3.C8H8N2.C5H8O.CH4/c15-9-12-3-5-13(6-4-12)10-17-14(11-16)7-1-2-8-14;1-10-8-4-2-7(6-9)3-5-8;6-5-3-1-2-4-5;/h3-6,17H,1-2,7-8,10H2;2-5H,6,9H2;1-4H2;1H4. The molecular formula is C28H35N5O. The van der Waals surface area contributed by atoms with Crippen molar-refractivity contribution < 1.29 is 4.79 Å². The predicted octanol–water partition coefficient (Wildman–Crippen LogP) is 5.95. The lowest BCUT2D eigenvalue weighted by atomic mass is 9.99. The number of nitrogens with two attached hydrogens (primary N) is 1. The molecule has 3 N–H and O–H groups in total. The van der Waals surface area contributed by atoms with Crippen LogP contribution in [0.15, 0.2) is 48.5 Å². The molecule has 2 saturated carbocycles. The molecule has 0 aromatic heterocycles. The average molecular weight is 458 g/mol. The number of nitrogens with zero attached hydrogens (tertiary/aromatic N) is 3. The van der Waals surface area contributed by atoms with Gasteiger partial charge in [-0.05, 0) is 48.9 Å². The van der Waals surface area contributed by atoms with Crippen LogP contribution in [0.3, 0.4) is 0 Å². The van der Waals surface area contributed by atoms with Gasteiger partial charge in [-0.1, -0.05) is 56.7 Å². The van der Waals surface area contributed by atoms with Crippen LogP contribution < -0.4 is 11.1 Å². The van der Waals surface area contributed by atoms with E-state index in [4.69, 9.17) is 17.6 Å². The SMILES string of the molecule is C.N#Cc1ccc(CNC2(C#N)CCCC2)cc1.O=C1CCCC1.[C-]#[N+]c1ccc(CN)cc1. The summed E-state index contributed by atoms with van der Waals surface area (Å²) < 4.78 is 0. The van der Waals surface area contributed by atoms with Gasteiger partial charge in [0, 0.05) is 25.9 Å². The molecule has 0 unspecified atom stereocenters. The van der Waals surface area contributed by atoms with E-state index in [9.17, 15) is 10.1 Å². The maximum Gasteiger partial charge on any atom is 0.187 e. The molecule has 0 saturated heterocycles. The molecule has 6 nitrogen and oxygen atoms in total. The fourth-order valence-electron chi connectivity index (χ4n) is 3.75. The lowest BCUT2D eigenvalue weighted by Gasteiger charge is -2.22. The maximum absolute atomic E-state index is 10.2. The van der Waals surface area contributed by atoms with Crippen LogP contribution >= 0.6 is 0 Å². The van der Waals surface area contributed by atoms with Crippen LogP contribution in [0, 0.1) is 29.2 Å². The summed E-state index contributed by atoms with van der Waals surface area (Å²) in [6, 6.07) is 19.3. The van der Waals surface area contributed by atoms with E-state index >= 15 is 0 Å². The minimum atomic E-state index is -0.325. The summed E-state index contributed by atoms with van der Waals surface area (Å²) in [5.74, 6) is 0.454. The Labute approximate surface area is 204 Å². The molecule has 0 atom stereocenters. The smallest absolute Gasteiger partial charge is 0.187 e. The highest BCUT2D eigenvalue weighted by Gasteiger charge is 2.32. The normalized spacial score (nSPS) is 15.2. The van der Waals surface area contributed by atoms with Crippen molar-refractivity contribution in [2.24, 2.45) is 5.73 Å². The molecule has 4 rings (SSSR count). The fraction of sp³-hybridized carbons (Fsp3) is 0.429. The summed E-state index contributed by atoms with van der Waals surface area (Å²) in [7, 11) is 0. The molecule has 0 heterocycles. The Morgan fingerprint density at radius 2 is 1.50 bits per heavy atom. The Morgan fingerprint density at radius 3 is 1.91 bits per heavy atom. The van der Waals surface area contributed by atoms with Gasteiger partial charge in [-0.3, -0.25) is 10.1 Å². The van der Waals surface area contributed by atoms with Gasteiger partial charge < -0.3 is 5.73 Å². The summed E-state index contributed by atoms with van der Waals surface area (Å²) in [6.45, 7) is 7.90. The minimum Gasteiger partial charge on any atom is -0.326 e. The van der Waals surface area contributed by atoms with Gasteiger partial charge in [-0.2, -0.15) is 10.5 Å². The van der Waals surface area contributed by atoms with Gasteiger partial charge in [-0.15, -0.1) is 0 Å². The lowest BCUT2D eigenvalue weighted by molar-refractivity contribution is -0.117. The number of nitrogens with one attached hydrogen (secondary N) is 1. The predicted molar refractivity (Wildman–Crippen MR) is 136 cm³/mol. The van der Waals surface area contributed by atoms with Crippen LogP contribution in [0.5, 0.6) is 0 Å². The van der Waals surface area contributed by atoms with E-state index < -0.39 is 0 Å². The Hall–Kier alpha value is -3.50. The zero-order chi connectivity index (χ0) is 23.9. The highest BCUT2D eigenvalue weighted by molar-refractivity contribution is 5.80. The largest absolute Gasteiger partial charge is 0.326 e. The van der Waals surface area contributed by atoms with Crippen molar-refractivity contribution in [3.63, 3.8) is 0 Å². The fourth-order valence-corrected chi connectivity index (χ4v) is 3.75. The summed E-state index contributed by atoms with van der Waals surface area (Å²) >= 11 is 0. The zero-order valence-corrected chi connectivity index (χ0v) is 19.0. The van der Waals surface area contributed by atoms with Crippen molar-refractivity contribution in [2.75, 3.05) is 0 Å². The number of benzene rings is 2. The first-order valence-corrected chi connectivity index (χ1v) is 11.4. The maximum atomic E-state index is 10.2. The zero-order valence-electron chi connectivity index (χ0n) is 19.0. The van der Waals surface area contributed by atoms with Crippen LogP contribution in [0.1, 0.15) is 75.5 Å². The quantitative estimate of drug-likeness (QED) is 0.552. The van der Waals surface area contributed by atoms with Crippen molar-refractivity contribution in [1.29, 1.82) is 10.5 Å². The first kappa shape index (κ1) is 28.5. The Morgan fingerprint density at radius 1 is 0.941 bits per heavy atom. The third kappa shape index (κ3) is 9.55. The van der Waals surface area contributed by atoms with E-state index in [1.165, 1.54) is 0 Å². The third-order valence-corrected chi connectivity index (χ3v) is 5.85.